The van der Waals surface area contributed by atoms with Gasteiger partial charge in [-0.3, -0.25) is 4.98 Å². The number of hydrogen-bond donors (Lipinski definition) is 0. The Labute approximate surface area is 236 Å². The normalized spacial score (nSPS) is 11.4. The molecule has 0 atom stereocenters. The van der Waals surface area contributed by atoms with Gasteiger partial charge in [0, 0.05) is 29.1 Å². The van der Waals surface area contributed by atoms with Crippen molar-refractivity contribution in [3.8, 4) is 45.2 Å². The molecule has 4 nitrogen and oxygen atoms in total. The molecule has 8 rings (SSSR count). The molecule has 0 N–H and O–H groups in total. The lowest BCUT2D eigenvalue weighted by molar-refractivity contribution is 0.585. The summed E-state index contributed by atoms with van der Waals surface area (Å²) < 4.78 is 6.19. The van der Waals surface area contributed by atoms with Crippen molar-refractivity contribution in [1.29, 1.82) is 0 Å². The molecular formula is C37H23N3O. The third-order valence-electron chi connectivity index (χ3n) is 7.75. The van der Waals surface area contributed by atoms with Gasteiger partial charge in [-0.2, -0.15) is 0 Å². The molecule has 0 radical (unpaired) electrons. The molecule has 0 unspecified atom stereocenters. The van der Waals surface area contributed by atoms with Crippen LogP contribution in [-0.2, 0) is 0 Å². The van der Waals surface area contributed by atoms with E-state index in [9.17, 15) is 0 Å². The number of nitrogens with zero attached hydrogens (tertiary/aromatic N) is 3. The Balaban J connectivity index is 1.25. The SMILES string of the molecule is c1cncc(-c2c3ccccc3c(-c3ccc(-c4nnc(-c5cccc6ccccc56)o4)cc3)c3ccccc23)c1. The topological polar surface area (TPSA) is 51.8 Å². The van der Waals surface area contributed by atoms with Crippen molar-refractivity contribution in [3.63, 3.8) is 0 Å². The molecule has 0 fully saturated rings. The van der Waals surface area contributed by atoms with Crippen LogP contribution in [0.5, 0.6) is 0 Å². The first-order valence-electron chi connectivity index (χ1n) is 13.6. The number of fused-ring (bicyclic) bond motifs is 3. The number of hydrogen-bond acceptors (Lipinski definition) is 4. The fourth-order valence-electron chi connectivity index (χ4n) is 5.90. The number of pyridine rings is 1. The van der Waals surface area contributed by atoms with E-state index in [1.54, 1.807) is 0 Å². The lowest BCUT2D eigenvalue weighted by atomic mass is 9.86. The third kappa shape index (κ3) is 3.88. The highest BCUT2D eigenvalue weighted by Gasteiger charge is 2.17. The van der Waals surface area contributed by atoms with E-state index in [-0.39, 0.29) is 0 Å². The van der Waals surface area contributed by atoms with E-state index in [2.05, 4.69) is 112 Å². The summed E-state index contributed by atoms with van der Waals surface area (Å²) in [4.78, 5) is 4.41. The van der Waals surface area contributed by atoms with Crippen LogP contribution in [0, 0.1) is 0 Å². The Morgan fingerprint density at radius 3 is 1.63 bits per heavy atom. The van der Waals surface area contributed by atoms with E-state index in [1.807, 2.05) is 42.7 Å². The van der Waals surface area contributed by atoms with Gasteiger partial charge >= 0.3 is 0 Å². The smallest absolute Gasteiger partial charge is 0.248 e. The molecule has 41 heavy (non-hydrogen) atoms. The van der Waals surface area contributed by atoms with Crippen LogP contribution >= 0.6 is 0 Å². The van der Waals surface area contributed by atoms with E-state index < -0.39 is 0 Å². The number of rotatable bonds is 4. The maximum atomic E-state index is 6.19. The molecule has 0 aliphatic heterocycles. The van der Waals surface area contributed by atoms with Crippen molar-refractivity contribution in [3.05, 3.63) is 140 Å². The summed E-state index contributed by atoms with van der Waals surface area (Å²) in [6, 6.07) is 44.2. The van der Waals surface area contributed by atoms with Crippen molar-refractivity contribution in [2.45, 2.75) is 0 Å². The highest BCUT2D eigenvalue weighted by atomic mass is 16.4. The zero-order chi connectivity index (χ0) is 27.2. The van der Waals surface area contributed by atoms with E-state index in [1.165, 1.54) is 32.7 Å². The average Bonchev–Trinajstić information content (AvgIpc) is 3.54. The minimum absolute atomic E-state index is 0.501. The lowest BCUT2D eigenvalue weighted by Gasteiger charge is -2.17. The van der Waals surface area contributed by atoms with Crippen LogP contribution < -0.4 is 0 Å². The van der Waals surface area contributed by atoms with Gasteiger partial charge in [0.15, 0.2) is 0 Å². The highest BCUT2D eigenvalue weighted by molar-refractivity contribution is 6.21. The van der Waals surface area contributed by atoms with Crippen LogP contribution in [0.3, 0.4) is 0 Å². The van der Waals surface area contributed by atoms with Crippen LogP contribution in [0.25, 0.3) is 77.5 Å². The van der Waals surface area contributed by atoms with Gasteiger partial charge in [-0.1, -0.05) is 103 Å². The first kappa shape index (κ1) is 23.3. The highest BCUT2D eigenvalue weighted by Crippen LogP contribution is 2.43. The maximum absolute atomic E-state index is 6.19. The fourth-order valence-corrected chi connectivity index (χ4v) is 5.90. The second-order valence-electron chi connectivity index (χ2n) is 10.1. The molecule has 0 amide bonds. The largest absolute Gasteiger partial charge is 0.416 e. The van der Waals surface area contributed by atoms with Crippen LogP contribution in [-0.4, -0.2) is 15.2 Å². The monoisotopic (exact) mass is 525 g/mol. The molecule has 0 aliphatic carbocycles. The van der Waals surface area contributed by atoms with Gasteiger partial charge < -0.3 is 4.42 Å². The Morgan fingerprint density at radius 1 is 0.415 bits per heavy atom. The van der Waals surface area contributed by atoms with E-state index in [0.29, 0.717) is 11.8 Å². The zero-order valence-corrected chi connectivity index (χ0v) is 22.0. The molecule has 0 aliphatic rings. The van der Waals surface area contributed by atoms with Crippen molar-refractivity contribution in [2.75, 3.05) is 0 Å². The Hall–Kier alpha value is -5.61. The van der Waals surface area contributed by atoms with Crippen molar-refractivity contribution in [2.24, 2.45) is 0 Å². The van der Waals surface area contributed by atoms with Crippen LogP contribution in [0.1, 0.15) is 0 Å². The molecule has 2 aromatic heterocycles. The first-order chi connectivity index (χ1) is 20.3. The molecule has 4 heteroatoms. The van der Waals surface area contributed by atoms with Gasteiger partial charge in [0.2, 0.25) is 11.8 Å². The second-order valence-corrected chi connectivity index (χ2v) is 10.1. The number of aromatic nitrogens is 3. The quantitative estimate of drug-likeness (QED) is 0.215. The number of benzene rings is 6. The van der Waals surface area contributed by atoms with E-state index in [0.717, 1.165) is 33.0 Å². The molecular weight excluding hydrogens is 502 g/mol. The Morgan fingerprint density at radius 2 is 0.976 bits per heavy atom. The average molecular weight is 526 g/mol. The van der Waals surface area contributed by atoms with Gasteiger partial charge in [0.1, 0.15) is 0 Å². The van der Waals surface area contributed by atoms with Gasteiger partial charge in [0.05, 0.1) is 0 Å². The van der Waals surface area contributed by atoms with Gasteiger partial charge in [-0.25, -0.2) is 0 Å². The molecule has 6 aromatic carbocycles. The Kier molecular flexibility index (Phi) is 5.42. The summed E-state index contributed by atoms with van der Waals surface area (Å²) in [5.41, 5.74) is 6.47. The van der Waals surface area contributed by atoms with Gasteiger partial charge in [-0.15, -0.1) is 10.2 Å². The van der Waals surface area contributed by atoms with Crippen molar-refractivity contribution >= 4 is 32.3 Å². The van der Waals surface area contributed by atoms with Crippen LogP contribution in [0.4, 0.5) is 0 Å². The standard InChI is InChI=1S/C37H23N3O/c1-2-12-28-24(9-1)10-7-17-33(28)37-40-39-36(41-37)26-20-18-25(19-21-26)34-29-13-3-5-15-31(29)35(27-11-8-22-38-23-27)32-16-6-4-14-30(32)34/h1-23H. The zero-order valence-electron chi connectivity index (χ0n) is 22.0. The molecule has 192 valence electrons. The maximum Gasteiger partial charge on any atom is 0.248 e. The fraction of sp³-hybridized carbons (Fsp3) is 0. The van der Waals surface area contributed by atoms with E-state index in [4.69, 9.17) is 4.42 Å². The molecule has 8 aromatic rings. The molecule has 0 spiro atoms. The summed E-state index contributed by atoms with van der Waals surface area (Å²) in [6.45, 7) is 0. The van der Waals surface area contributed by atoms with Crippen molar-refractivity contribution < 1.29 is 4.42 Å². The third-order valence-corrected chi connectivity index (χ3v) is 7.75. The predicted molar refractivity (Wildman–Crippen MR) is 166 cm³/mol. The molecule has 0 saturated heterocycles. The molecule has 0 saturated carbocycles. The van der Waals surface area contributed by atoms with Gasteiger partial charge in [0.25, 0.3) is 0 Å². The Bertz CT molecular complexity index is 2140. The minimum atomic E-state index is 0.501. The summed E-state index contributed by atoms with van der Waals surface area (Å²) in [5.74, 6) is 1.02. The second kappa shape index (κ2) is 9.54. The summed E-state index contributed by atoms with van der Waals surface area (Å²) in [5, 5.41) is 15.8. The predicted octanol–water partition coefficient (Wildman–Crippen LogP) is 9.59. The lowest BCUT2D eigenvalue weighted by Crippen LogP contribution is -1.91. The molecule has 2 heterocycles. The minimum Gasteiger partial charge on any atom is -0.416 e. The van der Waals surface area contributed by atoms with Crippen molar-refractivity contribution in [1.82, 2.24) is 15.2 Å². The van der Waals surface area contributed by atoms with Crippen LogP contribution in [0.2, 0.25) is 0 Å². The van der Waals surface area contributed by atoms with Gasteiger partial charge in [-0.05, 0) is 73.3 Å². The summed E-state index contributed by atoms with van der Waals surface area (Å²) >= 11 is 0. The summed E-state index contributed by atoms with van der Waals surface area (Å²) in [7, 11) is 0. The van der Waals surface area contributed by atoms with Crippen LogP contribution in [0.15, 0.2) is 144 Å². The first-order valence-corrected chi connectivity index (χ1v) is 13.6. The molecule has 0 bridgehead atoms. The van der Waals surface area contributed by atoms with E-state index >= 15 is 0 Å². The summed E-state index contributed by atoms with van der Waals surface area (Å²) in [6.07, 6.45) is 3.76.